The second-order valence-corrected chi connectivity index (χ2v) is 10.3. The van der Waals surface area contributed by atoms with Gasteiger partial charge in [0.2, 0.25) is 5.91 Å². The number of nitrogens with one attached hydrogen (secondary N) is 3. The van der Waals surface area contributed by atoms with Crippen molar-refractivity contribution < 1.29 is 29.3 Å². The van der Waals surface area contributed by atoms with Crippen molar-refractivity contribution in [1.29, 1.82) is 5.26 Å². The minimum absolute atomic E-state index is 0.00395. The zero-order chi connectivity index (χ0) is 27.9. The summed E-state index contributed by atoms with van der Waals surface area (Å²) in [6.45, 7) is 0.841. The van der Waals surface area contributed by atoms with Crippen molar-refractivity contribution in [3.63, 3.8) is 0 Å². The van der Waals surface area contributed by atoms with Crippen LogP contribution < -0.4 is 20.7 Å². The third-order valence-electron chi connectivity index (χ3n) is 6.21. The van der Waals surface area contributed by atoms with E-state index in [4.69, 9.17) is 26.7 Å². The number of benzene rings is 2. The number of carbonyl (C=O) groups is 3. The molecule has 1 fully saturated rings. The summed E-state index contributed by atoms with van der Waals surface area (Å²) in [6.07, 6.45) is 1.59. The van der Waals surface area contributed by atoms with Crippen LogP contribution in [-0.2, 0) is 9.59 Å². The Kier molecular flexibility index (Phi) is 9.03. The molecule has 0 bridgehead atoms. The van der Waals surface area contributed by atoms with Gasteiger partial charge in [0, 0.05) is 11.4 Å². The molecular weight excluding hydrogens is 544 g/mol. The van der Waals surface area contributed by atoms with Gasteiger partial charge in [-0.1, -0.05) is 23.7 Å². The lowest BCUT2D eigenvalue weighted by Gasteiger charge is -2.31. The highest BCUT2D eigenvalue weighted by Gasteiger charge is 2.30. The van der Waals surface area contributed by atoms with Gasteiger partial charge in [-0.15, -0.1) is 11.3 Å². The molecule has 0 aliphatic carbocycles. The van der Waals surface area contributed by atoms with Crippen LogP contribution in [0.5, 0.6) is 5.75 Å². The number of nitrogens with zero attached hydrogens (tertiary/aromatic N) is 1. The van der Waals surface area contributed by atoms with Crippen LogP contribution in [0.1, 0.15) is 28.1 Å². The summed E-state index contributed by atoms with van der Waals surface area (Å²) in [5.74, 6) is -2.91. The van der Waals surface area contributed by atoms with Gasteiger partial charge in [0.05, 0.1) is 16.5 Å². The molecule has 10 nitrogen and oxygen atoms in total. The average molecular weight is 569 g/mol. The van der Waals surface area contributed by atoms with Crippen LogP contribution in [0.2, 0.25) is 5.02 Å². The first-order chi connectivity index (χ1) is 18.8. The van der Waals surface area contributed by atoms with E-state index >= 15 is 0 Å². The van der Waals surface area contributed by atoms with Gasteiger partial charge in [0.25, 0.3) is 0 Å². The van der Waals surface area contributed by atoms with Crippen LogP contribution in [0.4, 0.5) is 11.4 Å². The molecule has 4 rings (SSSR count). The van der Waals surface area contributed by atoms with Crippen LogP contribution >= 0.6 is 22.9 Å². The van der Waals surface area contributed by atoms with Crippen LogP contribution in [-0.4, -0.2) is 53.8 Å². The number of anilines is 2. The van der Waals surface area contributed by atoms with Crippen molar-refractivity contribution in [2.75, 3.05) is 30.3 Å². The maximum absolute atomic E-state index is 13.4. The predicted octanol–water partition coefficient (Wildman–Crippen LogP) is 4.52. The molecule has 1 amide bonds. The molecule has 1 unspecified atom stereocenters. The number of piperidine rings is 1. The Morgan fingerprint density at radius 2 is 1.85 bits per heavy atom. The second kappa shape index (κ2) is 12.6. The van der Waals surface area contributed by atoms with Gasteiger partial charge in [0.15, 0.2) is 17.2 Å². The average Bonchev–Trinajstić information content (AvgIpc) is 3.27. The van der Waals surface area contributed by atoms with Crippen LogP contribution in [0.15, 0.2) is 48.5 Å². The number of carboxylic acid groups (broad SMARTS) is 2. The fraction of sp³-hybridized carbons (Fsp3) is 0.259. The summed E-state index contributed by atoms with van der Waals surface area (Å²) in [6, 6.07) is 15.2. The molecule has 12 heteroatoms. The number of hydrogen-bond acceptors (Lipinski definition) is 8. The first-order valence-corrected chi connectivity index (χ1v) is 13.2. The molecule has 5 N–H and O–H groups in total. The molecule has 1 aromatic heterocycles. The third-order valence-corrected chi connectivity index (χ3v) is 7.89. The van der Waals surface area contributed by atoms with E-state index in [0.29, 0.717) is 27.4 Å². The second-order valence-electron chi connectivity index (χ2n) is 8.86. The zero-order valence-electron chi connectivity index (χ0n) is 20.6. The number of carboxylic acids is 2. The first-order valence-electron chi connectivity index (χ1n) is 12.1. The highest BCUT2D eigenvalue weighted by atomic mass is 35.5. The van der Waals surface area contributed by atoms with Gasteiger partial charge in [-0.3, -0.25) is 4.79 Å². The monoisotopic (exact) mass is 568 g/mol. The lowest BCUT2D eigenvalue weighted by Crippen LogP contribution is -2.45. The summed E-state index contributed by atoms with van der Waals surface area (Å²) in [7, 11) is 0. The molecule has 2 heterocycles. The molecule has 2 aromatic carbocycles. The minimum atomic E-state index is -1.28. The lowest BCUT2D eigenvalue weighted by molar-refractivity contribution is -0.139. The third kappa shape index (κ3) is 6.86. The standard InChI is InChI=1S/C27H25ClN4O6S/c28-21-23(38-14-20(33)34)25(27(36)37)39-24(21)17-2-1-3-19(12-17)31-22(16-8-10-30-11-9-16)26(35)32-18-6-4-15(13-29)5-7-18/h1-7,12,16,22,30-31H,8-11,14H2,(H,32,35)(H,33,34)(H,36,37). The highest BCUT2D eigenvalue weighted by molar-refractivity contribution is 7.18. The maximum Gasteiger partial charge on any atom is 0.349 e. The number of carbonyl (C=O) groups excluding carboxylic acids is 1. The van der Waals surface area contributed by atoms with E-state index in [9.17, 15) is 19.5 Å². The van der Waals surface area contributed by atoms with E-state index in [1.807, 2.05) is 0 Å². The van der Waals surface area contributed by atoms with Gasteiger partial charge < -0.3 is 30.9 Å². The minimum Gasteiger partial charge on any atom is -0.479 e. The first kappa shape index (κ1) is 27.9. The molecule has 1 aliphatic heterocycles. The summed E-state index contributed by atoms with van der Waals surface area (Å²) in [5.41, 5.74) is 2.28. The number of ether oxygens (including phenoxy) is 1. The number of amides is 1. The van der Waals surface area contributed by atoms with E-state index in [1.54, 1.807) is 48.5 Å². The number of aliphatic carboxylic acids is 1. The van der Waals surface area contributed by atoms with Gasteiger partial charge >= 0.3 is 11.9 Å². The predicted molar refractivity (Wildman–Crippen MR) is 148 cm³/mol. The summed E-state index contributed by atoms with van der Waals surface area (Å²) in [4.78, 5) is 36.3. The van der Waals surface area contributed by atoms with Crippen molar-refractivity contribution in [3.8, 4) is 22.3 Å². The van der Waals surface area contributed by atoms with Gasteiger partial charge in [-0.2, -0.15) is 5.26 Å². The van der Waals surface area contributed by atoms with Crippen LogP contribution in [0, 0.1) is 17.2 Å². The quantitative estimate of drug-likeness (QED) is 0.237. The zero-order valence-corrected chi connectivity index (χ0v) is 22.1. The van der Waals surface area contributed by atoms with E-state index in [0.717, 1.165) is 37.3 Å². The van der Waals surface area contributed by atoms with Gasteiger partial charge in [-0.05, 0) is 73.8 Å². The van der Waals surface area contributed by atoms with Crippen molar-refractivity contribution in [3.05, 3.63) is 64.0 Å². The SMILES string of the molecule is N#Cc1ccc(NC(=O)C(Nc2cccc(-c3sc(C(=O)O)c(OCC(=O)O)c3Cl)c2)C2CCNCC2)cc1. The molecule has 0 saturated carbocycles. The molecule has 1 atom stereocenters. The normalized spacial score (nSPS) is 14.2. The number of hydrogen-bond donors (Lipinski definition) is 5. The number of rotatable bonds is 10. The van der Waals surface area contributed by atoms with E-state index in [1.165, 1.54) is 0 Å². The van der Waals surface area contributed by atoms with Crippen molar-refractivity contribution >= 4 is 52.2 Å². The Balaban J connectivity index is 1.61. The fourth-order valence-corrected chi connectivity index (χ4v) is 5.74. The summed E-state index contributed by atoms with van der Waals surface area (Å²) >= 11 is 7.33. The van der Waals surface area contributed by atoms with Gasteiger partial charge in [-0.25, -0.2) is 9.59 Å². The molecular formula is C27H25ClN4O6S. The molecule has 0 radical (unpaired) electrons. The molecule has 1 aliphatic rings. The fourth-order valence-electron chi connectivity index (χ4n) is 4.34. The number of halogens is 1. The van der Waals surface area contributed by atoms with E-state index < -0.39 is 24.6 Å². The smallest absolute Gasteiger partial charge is 0.349 e. The Hall–Kier alpha value is -4.11. The topological polar surface area (TPSA) is 161 Å². The Morgan fingerprint density at radius 3 is 2.49 bits per heavy atom. The Labute approximate surface area is 233 Å². The van der Waals surface area contributed by atoms with Crippen LogP contribution in [0.3, 0.4) is 0 Å². The molecule has 0 spiro atoms. The molecule has 202 valence electrons. The molecule has 1 saturated heterocycles. The van der Waals surface area contributed by atoms with Crippen molar-refractivity contribution in [2.45, 2.75) is 18.9 Å². The number of nitriles is 1. The molecule has 3 aromatic rings. The largest absolute Gasteiger partial charge is 0.479 e. The van der Waals surface area contributed by atoms with Crippen molar-refractivity contribution in [2.24, 2.45) is 5.92 Å². The maximum atomic E-state index is 13.4. The van der Waals surface area contributed by atoms with Crippen LogP contribution in [0.25, 0.3) is 10.4 Å². The summed E-state index contributed by atoms with van der Waals surface area (Å²) in [5, 5.41) is 37.1. The Bertz CT molecular complexity index is 1410. The van der Waals surface area contributed by atoms with E-state index in [-0.39, 0.29) is 27.5 Å². The Morgan fingerprint density at radius 1 is 1.13 bits per heavy atom. The highest BCUT2D eigenvalue weighted by Crippen LogP contribution is 2.46. The van der Waals surface area contributed by atoms with E-state index in [2.05, 4.69) is 22.0 Å². The van der Waals surface area contributed by atoms with Crippen molar-refractivity contribution in [1.82, 2.24) is 5.32 Å². The molecule has 39 heavy (non-hydrogen) atoms. The number of aromatic carboxylic acids is 1. The summed E-state index contributed by atoms with van der Waals surface area (Å²) < 4.78 is 5.18. The number of thiophene rings is 1. The van der Waals surface area contributed by atoms with Gasteiger partial charge in [0.1, 0.15) is 11.1 Å². The lowest BCUT2D eigenvalue weighted by atomic mass is 9.89.